The molecule has 2 aliphatic rings. The zero-order valence-corrected chi connectivity index (χ0v) is 14.2. The van der Waals surface area contributed by atoms with Gasteiger partial charge < -0.3 is 14.8 Å². The van der Waals surface area contributed by atoms with Crippen molar-refractivity contribution in [2.45, 2.75) is 76.9 Å². The number of rotatable bonds is 6. The Kier molecular flexibility index (Phi) is 6.90. The van der Waals surface area contributed by atoms with Crippen LogP contribution >= 0.6 is 0 Å². The summed E-state index contributed by atoms with van der Waals surface area (Å²) in [7, 11) is 0. The van der Waals surface area contributed by atoms with E-state index in [1.54, 1.807) is 0 Å². The zero-order chi connectivity index (χ0) is 15.8. The van der Waals surface area contributed by atoms with E-state index in [0.717, 1.165) is 71.2 Å². The predicted octanol–water partition coefficient (Wildman–Crippen LogP) is 3.36. The number of nitrogens with one attached hydrogen (secondary N) is 1. The van der Waals surface area contributed by atoms with E-state index >= 15 is 0 Å². The summed E-state index contributed by atoms with van der Waals surface area (Å²) in [5.41, 5.74) is 1.21. The molecule has 2 rings (SSSR count). The van der Waals surface area contributed by atoms with Crippen LogP contribution in [0.2, 0.25) is 0 Å². The van der Waals surface area contributed by atoms with Crippen LogP contribution in [0.1, 0.15) is 65.2 Å². The molecule has 0 unspecified atom stereocenters. The Morgan fingerprint density at radius 1 is 1.18 bits per heavy atom. The smallest absolute Gasteiger partial charge is 0.244 e. The van der Waals surface area contributed by atoms with Crippen LogP contribution in [0.25, 0.3) is 0 Å². The number of carbonyl (C=O) groups excluding carboxylic acids is 1. The van der Waals surface area contributed by atoms with Gasteiger partial charge in [-0.3, -0.25) is 4.79 Å². The molecule has 126 valence electrons. The molecular formula is C18H31NO3. The summed E-state index contributed by atoms with van der Waals surface area (Å²) in [5.74, 6) is 0.0750. The maximum atomic E-state index is 12.3. The fourth-order valence-electron chi connectivity index (χ4n) is 3.58. The molecule has 4 heteroatoms. The number of hydrogen-bond acceptors (Lipinski definition) is 3. The van der Waals surface area contributed by atoms with Crippen molar-refractivity contribution in [3.63, 3.8) is 0 Å². The lowest BCUT2D eigenvalue weighted by atomic mass is 9.84. The number of ether oxygens (including phenoxy) is 2. The highest BCUT2D eigenvalue weighted by atomic mass is 16.5. The summed E-state index contributed by atoms with van der Waals surface area (Å²) >= 11 is 0. The number of hydrogen-bond donors (Lipinski definition) is 1. The summed E-state index contributed by atoms with van der Waals surface area (Å²) in [6.45, 7) is 6.62. The van der Waals surface area contributed by atoms with Crippen molar-refractivity contribution >= 4 is 5.91 Å². The molecule has 0 radical (unpaired) electrons. The molecule has 0 aliphatic carbocycles. The van der Waals surface area contributed by atoms with E-state index in [4.69, 9.17) is 9.47 Å². The SMILES string of the molecule is CCCC(=CC(=O)N[C@H]1CCOC2(CCOCC2)C1)CCC. The lowest BCUT2D eigenvalue weighted by Gasteiger charge is -2.43. The first-order valence-electron chi connectivity index (χ1n) is 8.89. The maximum absolute atomic E-state index is 12.3. The van der Waals surface area contributed by atoms with E-state index in [9.17, 15) is 4.79 Å². The van der Waals surface area contributed by atoms with Gasteiger partial charge in [0.15, 0.2) is 0 Å². The van der Waals surface area contributed by atoms with Crippen LogP contribution < -0.4 is 5.32 Å². The second-order valence-electron chi connectivity index (χ2n) is 6.64. The fourth-order valence-corrected chi connectivity index (χ4v) is 3.58. The van der Waals surface area contributed by atoms with Crippen LogP contribution in [0.15, 0.2) is 11.6 Å². The summed E-state index contributed by atoms with van der Waals surface area (Å²) < 4.78 is 11.5. The summed E-state index contributed by atoms with van der Waals surface area (Å²) in [4.78, 5) is 12.3. The lowest BCUT2D eigenvalue weighted by molar-refractivity contribution is -0.143. The quantitative estimate of drug-likeness (QED) is 0.765. The van der Waals surface area contributed by atoms with Gasteiger partial charge in [0.1, 0.15) is 0 Å². The van der Waals surface area contributed by atoms with Crippen molar-refractivity contribution in [2.24, 2.45) is 0 Å². The Hall–Kier alpha value is -0.870. The monoisotopic (exact) mass is 309 g/mol. The molecule has 1 spiro atoms. The minimum atomic E-state index is -0.0617. The van der Waals surface area contributed by atoms with Crippen LogP contribution in [0.4, 0.5) is 0 Å². The van der Waals surface area contributed by atoms with Crippen molar-refractivity contribution in [3.05, 3.63) is 11.6 Å². The van der Waals surface area contributed by atoms with E-state index < -0.39 is 0 Å². The summed E-state index contributed by atoms with van der Waals surface area (Å²) in [6.07, 6.45) is 9.81. The van der Waals surface area contributed by atoms with Gasteiger partial charge in [-0.05, 0) is 38.5 Å². The highest BCUT2D eigenvalue weighted by Gasteiger charge is 2.39. The minimum absolute atomic E-state index is 0.0617. The molecule has 2 fully saturated rings. The number of carbonyl (C=O) groups is 1. The molecule has 2 heterocycles. The Morgan fingerprint density at radius 3 is 2.50 bits per heavy atom. The van der Waals surface area contributed by atoms with Crippen LogP contribution in [-0.2, 0) is 14.3 Å². The average Bonchev–Trinajstić information content (AvgIpc) is 2.48. The highest BCUT2D eigenvalue weighted by Crippen LogP contribution is 2.34. The lowest BCUT2D eigenvalue weighted by Crippen LogP contribution is -2.50. The molecule has 0 saturated carbocycles. The molecule has 0 aromatic heterocycles. The largest absolute Gasteiger partial charge is 0.381 e. The van der Waals surface area contributed by atoms with Gasteiger partial charge in [-0.25, -0.2) is 0 Å². The standard InChI is InChI=1S/C18H31NO3/c1-3-5-15(6-4-2)13-17(20)19-16-7-10-22-18(14-16)8-11-21-12-9-18/h13,16H,3-12,14H2,1-2H3,(H,19,20)/t16-/m0/s1. The molecule has 2 aliphatic heterocycles. The van der Waals surface area contributed by atoms with Gasteiger partial charge >= 0.3 is 0 Å². The third-order valence-electron chi connectivity index (χ3n) is 4.72. The Bertz CT molecular complexity index is 372. The molecule has 0 aromatic rings. The molecule has 0 aromatic carbocycles. The van der Waals surface area contributed by atoms with Crippen molar-refractivity contribution in [2.75, 3.05) is 19.8 Å². The summed E-state index contributed by atoms with van der Waals surface area (Å²) in [5, 5.41) is 3.20. The minimum Gasteiger partial charge on any atom is -0.381 e. The molecule has 2 saturated heterocycles. The molecule has 4 nitrogen and oxygen atoms in total. The van der Waals surface area contributed by atoms with Gasteiger partial charge in [0, 0.05) is 31.9 Å². The molecular weight excluding hydrogens is 278 g/mol. The molecule has 1 amide bonds. The average molecular weight is 309 g/mol. The van der Waals surface area contributed by atoms with Gasteiger partial charge in [-0.2, -0.15) is 0 Å². The van der Waals surface area contributed by atoms with Gasteiger partial charge in [0.2, 0.25) is 5.91 Å². The Morgan fingerprint density at radius 2 is 1.86 bits per heavy atom. The van der Waals surface area contributed by atoms with Gasteiger partial charge in [0.25, 0.3) is 0 Å². The Balaban J connectivity index is 1.88. The first-order valence-corrected chi connectivity index (χ1v) is 8.89. The van der Waals surface area contributed by atoms with Crippen molar-refractivity contribution < 1.29 is 14.3 Å². The second kappa shape index (κ2) is 8.68. The van der Waals surface area contributed by atoms with E-state index in [0.29, 0.717) is 0 Å². The molecule has 0 bridgehead atoms. The van der Waals surface area contributed by atoms with Crippen molar-refractivity contribution in [1.82, 2.24) is 5.32 Å². The third kappa shape index (κ3) is 5.10. The number of amides is 1. The number of allylic oxidation sites excluding steroid dienone is 1. The topological polar surface area (TPSA) is 47.6 Å². The van der Waals surface area contributed by atoms with Gasteiger partial charge in [0.05, 0.1) is 5.60 Å². The fraction of sp³-hybridized carbons (Fsp3) is 0.833. The zero-order valence-electron chi connectivity index (χ0n) is 14.2. The van der Waals surface area contributed by atoms with E-state index in [2.05, 4.69) is 19.2 Å². The molecule has 1 N–H and O–H groups in total. The first-order chi connectivity index (χ1) is 10.7. The molecule has 22 heavy (non-hydrogen) atoms. The van der Waals surface area contributed by atoms with Gasteiger partial charge in [-0.15, -0.1) is 0 Å². The van der Waals surface area contributed by atoms with Crippen LogP contribution in [-0.4, -0.2) is 37.4 Å². The van der Waals surface area contributed by atoms with E-state index in [1.807, 2.05) is 6.08 Å². The van der Waals surface area contributed by atoms with Crippen LogP contribution in [0.5, 0.6) is 0 Å². The van der Waals surface area contributed by atoms with Crippen LogP contribution in [0, 0.1) is 0 Å². The highest BCUT2D eigenvalue weighted by molar-refractivity contribution is 5.88. The Labute approximate surface area is 134 Å². The first kappa shape index (κ1) is 17.5. The van der Waals surface area contributed by atoms with E-state index in [1.165, 1.54) is 5.57 Å². The van der Waals surface area contributed by atoms with Crippen molar-refractivity contribution in [3.8, 4) is 0 Å². The third-order valence-corrected chi connectivity index (χ3v) is 4.72. The van der Waals surface area contributed by atoms with Crippen molar-refractivity contribution in [1.29, 1.82) is 0 Å². The van der Waals surface area contributed by atoms with Crippen LogP contribution in [0.3, 0.4) is 0 Å². The van der Waals surface area contributed by atoms with Gasteiger partial charge in [-0.1, -0.05) is 32.3 Å². The molecule has 1 atom stereocenters. The second-order valence-corrected chi connectivity index (χ2v) is 6.64. The predicted molar refractivity (Wildman–Crippen MR) is 87.8 cm³/mol. The van der Waals surface area contributed by atoms with E-state index in [-0.39, 0.29) is 17.6 Å². The normalized spacial score (nSPS) is 24.0. The summed E-state index contributed by atoms with van der Waals surface area (Å²) in [6, 6.07) is 0.236. The maximum Gasteiger partial charge on any atom is 0.244 e.